The number of rotatable bonds is 1. The van der Waals surface area contributed by atoms with E-state index in [1.54, 1.807) is 6.07 Å². The van der Waals surface area contributed by atoms with Gasteiger partial charge in [-0.3, -0.25) is 14.5 Å². The molecule has 0 aromatic heterocycles. The lowest BCUT2D eigenvalue weighted by molar-refractivity contribution is -0.123. The third-order valence-corrected chi connectivity index (χ3v) is 6.52. The van der Waals surface area contributed by atoms with Gasteiger partial charge in [-0.25, -0.2) is 8.78 Å². The Hall–Kier alpha value is -3.99. The molecule has 1 aliphatic carbocycles. The number of nitrogens with zero attached hydrogens (tertiary/aromatic N) is 2. The number of amides is 1. The van der Waals surface area contributed by atoms with Crippen LogP contribution in [0.3, 0.4) is 0 Å². The van der Waals surface area contributed by atoms with Crippen LogP contribution in [0.5, 0.6) is 0 Å². The van der Waals surface area contributed by atoms with Gasteiger partial charge in [-0.15, -0.1) is 0 Å². The zero-order valence-electron chi connectivity index (χ0n) is 18.0. The van der Waals surface area contributed by atoms with Gasteiger partial charge >= 0.3 is 0 Å². The minimum absolute atomic E-state index is 0.0821. The van der Waals surface area contributed by atoms with Crippen molar-refractivity contribution in [2.45, 2.75) is 32.1 Å². The summed E-state index contributed by atoms with van der Waals surface area (Å²) < 4.78 is 28.5. The fourth-order valence-electron chi connectivity index (χ4n) is 5.30. The van der Waals surface area contributed by atoms with Crippen LogP contribution < -0.4 is 16.0 Å². The van der Waals surface area contributed by atoms with Gasteiger partial charge in [0.2, 0.25) is 5.91 Å². The lowest BCUT2D eigenvalue weighted by Crippen LogP contribution is -2.52. The monoisotopic (exact) mass is 446 g/mol. The van der Waals surface area contributed by atoms with Crippen molar-refractivity contribution in [1.82, 2.24) is 0 Å². The van der Waals surface area contributed by atoms with E-state index in [0.717, 1.165) is 6.07 Å². The number of carbonyl (C=O) groups is 2. The number of nitrogens with one attached hydrogen (secondary N) is 1. The van der Waals surface area contributed by atoms with Crippen molar-refractivity contribution >= 4 is 23.1 Å². The SMILES string of the molecule is CC1(C)CC(=O)C2=C(C1)N(c1cccc(F)c1)C(N)=C(C#N)C21C(=O)Nc2ccc(F)cc21. The van der Waals surface area contributed by atoms with E-state index < -0.39 is 28.4 Å². The fourth-order valence-corrected chi connectivity index (χ4v) is 5.30. The summed E-state index contributed by atoms with van der Waals surface area (Å²) in [6.45, 7) is 3.82. The Labute approximate surface area is 189 Å². The Kier molecular flexibility index (Phi) is 4.27. The molecule has 33 heavy (non-hydrogen) atoms. The molecule has 1 atom stereocenters. The lowest BCUT2D eigenvalue weighted by Gasteiger charge is -2.46. The second-order valence-electron chi connectivity index (χ2n) is 9.34. The number of halogens is 2. The molecule has 2 aromatic carbocycles. The molecule has 2 heterocycles. The summed E-state index contributed by atoms with van der Waals surface area (Å²) >= 11 is 0. The van der Waals surface area contributed by atoms with Gasteiger partial charge in [0.25, 0.3) is 0 Å². The molecule has 6 nitrogen and oxygen atoms in total. The Bertz CT molecular complexity index is 1370. The largest absolute Gasteiger partial charge is 0.384 e. The average Bonchev–Trinajstić information content (AvgIpc) is 2.99. The number of fused-ring (bicyclic) bond motifs is 3. The number of nitriles is 1. The van der Waals surface area contributed by atoms with Gasteiger partial charge in [0, 0.05) is 28.9 Å². The number of anilines is 2. The molecule has 0 fully saturated rings. The standard InChI is InChI=1S/C25H20F2N4O2/c1-24(2)10-19-21(20(32)11-24)25(16-9-14(27)6-7-18(16)30-23(25)33)17(12-28)22(29)31(19)15-5-3-4-13(26)8-15/h3-9H,10-11,29H2,1-2H3,(H,30,33). The van der Waals surface area contributed by atoms with Crippen molar-refractivity contribution < 1.29 is 18.4 Å². The molecule has 0 radical (unpaired) electrons. The van der Waals surface area contributed by atoms with E-state index in [1.807, 2.05) is 19.9 Å². The summed E-state index contributed by atoms with van der Waals surface area (Å²) in [6, 6.07) is 11.4. The number of nitrogens with two attached hydrogens (primary N) is 1. The van der Waals surface area contributed by atoms with Crippen molar-refractivity contribution in [1.29, 1.82) is 5.26 Å². The molecule has 1 spiro atoms. The Morgan fingerprint density at radius 1 is 1.09 bits per heavy atom. The quantitative estimate of drug-likeness (QED) is 0.690. The van der Waals surface area contributed by atoms with Crippen LogP contribution in [0.1, 0.15) is 32.3 Å². The van der Waals surface area contributed by atoms with Crippen LogP contribution in [0.25, 0.3) is 0 Å². The predicted molar refractivity (Wildman–Crippen MR) is 117 cm³/mol. The number of benzene rings is 2. The van der Waals surface area contributed by atoms with E-state index in [9.17, 15) is 23.6 Å². The number of carbonyl (C=O) groups excluding carboxylic acids is 2. The molecular formula is C25H20F2N4O2. The molecule has 3 N–H and O–H groups in total. The van der Waals surface area contributed by atoms with Gasteiger partial charge in [-0.2, -0.15) is 5.26 Å². The maximum atomic E-state index is 14.4. The highest BCUT2D eigenvalue weighted by molar-refractivity contribution is 6.20. The molecule has 166 valence electrons. The first kappa shape index (κ1) is 20.9. The van der Waals surface area contributed by atoms with Crippen LogP contribution in [-0.4, -0.2) is 11.7 Å². The van der Waals surface area contributed by atoms with Gasteiger partial charge in [0.05, 0.1) is 11.3 Å². The number of ketones is 1. The van der Waals surface area contributed by atoms with Gasteiger partial charge in [-0.1, -0.05) is 19.9 Å². The van der Waals surface area contributed by atoms with Crippen LogP contribution >= 0.6 is 0 Å². The summed E-state index contributed by atoms with van der Waals surface area (Å²) in [4.78, 5) is 28.7. The van der Waals surface area contributed by atoms with E-state index in [2.05, 4.69) is 5.32 Å². The number of hydrogen-bond donors (Lipinski definition) is 2. The Morgan fingerprint density at radius 2 is 1.82 bits per heavy atom. The summed E-state index contributed by atoms with van der Waals surface area (Å²) in [5.41, 5.74) is 5.26. The second-order valence-corrected chi connectivity index (χ2v) is 9.34. The highest BCUT2D eigenvalue weighted by Crippen LogP contribution is 2.57. The Morgan fingerprint density at radius 3 is 2.52 bits per heavy atom. The third-order valence-electron chi connectivity index (χ3n) is 6.52. The van der Waals surface area contributed by atoms with Crippen LogP contribution in [0.2, 0.25) is 0 Å². The fraction of sp³-hybridized carbons (Fsp3) is 0.240. The molecule has 1 amide bonds. The average molecular weight is 446 g/mol. The van der Waals surface area contributed by atoms with Crippen molar-refractivity contribution in [3.8, 4) is 6.07 Å². The Balaban J connectivity index is 1.92. The van der Waals surface area contributed by atoms with E-state index >= 15 is 0 Å². The maximum absolute atomic E-state index is 14.4. The van der Waals surface area contributed by atoms with Crippen LogP contribution in [0.4, 0.5) is 20.2 Å². The molecule has 8 heteroatoms. The predicted octanol–water partition coefficient (Wildman–Crippen LogP) is 4.01. The van der Waals surface area contributed by atoms with Crippen molar-refractivity contribution in [2.75, 3.05) is 10.2 Å². The van der Waals surface area contributed by atoms with Gasteiger partial charge in [-0.05, 0) is 48.2 Å². The topological polar surface area (TPSA) is 99.2 Å². The first-order valence-electron chi connectivity index (χ1n) is 10.4. The molecule has 5 rings (SSSR count). The lowest BCUT2D eigenvalue weighted by atomic mass is 9.60. The molecule has 0 saturated heterocycles. The summed E-state index contributed by atoms with van der Waals surface area (Å²) in [6.07, 6.45) is 0.463. The van der Waals surface area contributed by atoms with Gasteiger partial charge in [0.15, 0.2) is 5.78 Å². The van der Waals surface area contributed by atoms with E-state index in [4.69, 9.17) is 5.73 Å². The molecule has 2 aromatic rings. The maximum Gasteiger partial charge on any atom is 0.245 e. The molecule has 0 saturated carbocycles. The van der Waals surface area contributed by atoms with Gasteiger partial charge < -0.3 is 11.1 Å². The van der Waals surface area contributed by atoms with Crippen molar-refractivity contribution in [3.05, 3.63) is 82.3 Å². The highest BCUT2D eigenvalue weighted by Gasteiger charge is 2.61. The van der Waals surface area contributed by atoms with Crippen LogP contribution in [-0.2, 0) is 15.0 Å². The summed E-state index contributed by atoms with van der Waals surface area (Å²) in [5.74, 6) is -2.20. The molecule has 1 unspecified atom stereocenters. The van der Waals surface area contributed by atoms with E-state index in [-0.39, 0.29) is 34.7 Å². The zero-order valence-corrected chi connectivity index (χ0v) is 18.0. The first-order valence-corrected chi connectivity index (χ1v) is 10.4. The molecule has 2 aliphatic heterocycles. The first-order chi connectivity index (χ1) is 15.6. The van der Waals surface area contributed by atoms with E-state index in [0.29, 0.717) is 23.5 Å². The smallest absolute Gasteiger partial charge is 0.245 e. The normalized spacial score (nSPS) is 23.4. The van der Waals surface area contributed by atoms with Crippen LogP contribution in [0.15, 0.2) is 65.1 Å². The minimum Gasteiger partial charge on any atom is -0.384 e. The van der Waals surface area contributed by atoms with Crippen molar-refractivity contribution in [3.63, 3.8) is 0 Å². The number of allylic oxidation sites excluding steroid dienone is 1. The third kappa shape index (κ3) is 2.75. The van der Waals surface area contributed by atoms with Gasteiger partial charge in [0.1, 0.15) is 28.9 Å². The van der Waals surface area contributed by atoms with Crippen molar-refractivity contribution in [2.24, 2.45) is 11.1 Å². The number of Topliss-reactive ketones (excluding diaryl/α,β-unsaturated/α-hetero) is 1. The summed E-state index contributed by atoms with van der Waals surface area (Å²) in [7, 11) is 0. The summed E-state index contributed by atoms with van der Waals surface area (Å²) in [5, 5.41) is 12.9. The molecule has 3 aliphatic rings. The highest BCUT2D eigenvalue weighted by atomic mass is 19.1. The minimum atomic E-state index is -1.87. The van der Waals surface area contributed by atoms with E-state index in [1.165, 1.54) is 35.2 Å². The molecular weight excluding hydrogens is 426 g/mol. The second kappa shape index (κ2) is 6.75. The zero-order chi connectivity index (χ0) is 23.7. The molecule has 0 bridgehead atoms. The number of hydrogen-bond acceptors (Lipinski definition) is 5. The van der Waals surface area contributed by atoms with Crippen LogP contribution in [0, 0.1) is 28.4 Å².